The van der Waals surface area contributed by atoms with E-state index in [1.807, 2.05) is 0 Å². The summed E-state index contributed by atoms with van der Waals surface area (Å²) in [6, 6.07) is 0. The molecule has 0 saturated carbocycles. The second-order valence-corrected chi connectivity index (χ2v) is 45.0. The smallest absolute Gasteiger partial charge is 0.0473 e. The summed E-state index contributed by atoms with van der Waals surface area (Å²) in [5.74, 6) is 0. The fourth-order valence-electron chi connectivity index (χ4n) is 5.29. The molecule has 0 nitrogen and oxygen atoms in total. The van der Waals surface area contributed by atoms with E-state index in [2.05, 4.69) is 80.8 Å². The van der Waals surface area contributed by atoms with E-state index in [0.717, 1.165) is 16.6 Å². The van der Waals surface area contributed by atoms with Crippen LogP contribution in [0, 0.1) is 0 Å². The third kappa shape index (κ3) is 3.95. The zero-order chi connectivity index (χ0) is 15.8. The predicted octanol–water partition coefficient (Wildman–Crippen LogP) is 6.07. The van der Waals surface area contributed by atoms with Gasteiger partial charge in [-0.15, -0.1) is 0 Å². The summed E-state index contributed by atoms with van der Waals surface area (Å²) in [6.07, 6.45) is 0. The Kier molecular flexibility index (Phi) is 6.61. The molecule has 0 fully saturated rings. The standard InChI is InChI=1S/C15H39Si4/c1-13(2)19(14(3)4,15(5)6)16(17(7,8)9)18(10,11)12/h13-15H,1-12H3. The van der Waals surface area contributed by atoms with Crippen LogP contribution in [0.3, 0.4) is 0 Å². The fourth-order valence-corrected chi connectivity index (χ4v) is 94.8. The Bertz CT molecular complexity index is 246. The molecule has 0 aliphatic heterocycles. The van der Waals surface area contributed by atoms with Crippen LogP contribution in [0.25, 0.3) is 0 Å². The Balaban J connectivity index is 6.21. The minimum atomic E-state index is -1.20. The SMILES string of the molecule is CC(C)[Si](C(C)C)(C(C)C)[Si]([Si](C)(C)C)[Si](C)(C)C. The van der Waals surface area contributed by atoms with Gasteiger partial charge in [-0.25, -0.2) is 0 Å². The molecule has 0 amide bonds. The van der Waals surface area contributed by atoms with Gasteiger partial charge in [0.1, 0.15) is 0 Å². The van der Waals surface area contributed by atoms with E-state index < -0.39 is 22.8 Å². The highest BCUT2D eigenvalue weighted by atomic mass is 29.9. The van der Waals surface area contributed by atoms with Crippen LogP contribution in [-0.2, 0) is 0 Å². The largest absolute Gasteiger partial charge is 0.0721 e. The molecule has 0 rings (SSSR count). The first kappa shape index (κ1) is 19.9. The molecule has 0 N–H and O–H groups in total. The van der Waals surface area contributed by atoms with Crippen molar-refractivity contribution in [2.75, 3.05) is 0 Å². The van der Waals surface area contributed by atoms with Crippen LogP contribution in [0.1, 0.15) is 41.5 Å². The van der Waals surface area contributed by atoms with Crippen molar-refractivity contribution in [3.8, 4) is 0 Å². The summed E-state index contributed by atoms with van der Waals surface area (Å²) in [4.78, 5) is 0. The molecule has 0 aromatic heterocycles. The normalized spacial score (nSPS) is 15.2. The summed E-state index contributed by atoms with van der Waals surface area (Å²) in [5, 5.41) is 0. The molecule has 19 heavy (non-hydrogen) atoms. The summed E-state index contributed by atoms with van der Waals surface area (Å²) < 4.78 is 0. The minimum absolute atomic E-state index is 0.155. The Labute approximate surface area is 127 Å². The molecule has 0 atom stereocenters. The average molecular weight is 332 g/mol. The van der Waals surface area contributed by atoms with Crippen molar-refractivity contribution in [2.45, 2.75) is 97.4 Å². The molecule has 0 bridgehead atoms. The van der Waals surface area contributed by atoms with Gasteiger partial charge in [-0.1, -0.05) is 97.4 Å². The quantitative estimate of drug-likeness (QED) is 0.518. The monoisotopic (exact) mass is 331 g/mol. The van der Waals surface area contributed by atoms with Crippen LogP contribution < -0.4 is 0 Å². The highest BCUT2D eigenvalue weighted by Gasteiger charge is 2.58. The van der Waals surface area contributed by atoms with Gasteiger partial charge in [0.15, 0.2) is 0 Å². The first-order valence-electron chi connectivity index (χ1n) is 8.08. The maximum absolute atomic E-state index is 2.69. The summed E-state index contributed by atoms with van der Waals surface area (Å²) >= 11 is 0. The van der Waals surface area contributed by atoms with Gasteiger partial charge < -0.3 is 0 Å². The van der Waals surface area contributed by atoms with Crippen LogP contribution in [0.5, 0.6) is 0 Å². The van der Waals surface area contributed by atoms with E-state index in [1.165, 1.54) is 0 Å². The molecule has 0 heterocycles. The third-order valence-electron chi connectivity index (χ3n) is 4.80. The molecule has 1 radical (unpaired) electrons. The van der Waals surface area contributed by atoms with E-state index in [1.54, 1.807) is 0 Å². The Morgan fingerprint density at radius 2 is 0.737 bits per heavy atom. The van der Waals surface area contributed by atoms with Gasteiger partial charge in [-0.3, -0.25) is 0 Å². The Morgan fingerprint density at radius 3 is 0.789 bits per heavy atom. The fraction of sp³-hybridized carbons (Fsp3) is 1.00. The van der Waals surface area contributed by atoms with Gasteiger partial charge in [0.25, 0.3) is 0 Å². The minimum Gasteiger partial charge on any atom is -0.0721 e. The summed E-state index contributed by atoms with van der Waals surface area (Å²) in [6.45, 7) is 31.5. The van der Waals surface area contributed by atoms with E-state index in [-0.39, 0.29) is 7.35 Å². The molecule has 0 aromatic carbocycles. The lowest BCUT2D eigenvalue weighted by Crippen LogP contribution is -2.76. The molecule has 0 unspecified atom stereocenters. The third-order valence-corrected chi connectivity index (χ3v) is 66.0. The zero-order valence-corrected chi connectivity index (χ0v) is 19.7. The topological polar surface area (TPSA) is 0 Å². The van der Waals surface area contributed by atoms with E-state index in [9.17, 15) is 0 Å². The van der Waals surface area contributed by atoms with Gasteiger partial charge >= 0.3 is 0 Å². The van der Waals surface area contributed by atoms with Gasteiger partial charge in [0.05, 0.1) is 0 Å². The zero-order valence-electron chi connectivity index (χ0n) is 15.7. The van der Waals surface area contributed by atoms with Crippen molar-refractivity contribution in [3.63, 3.8) is 0 Å². The van der Waals surface area contributed by atoms with Crippen LogP contribution >= 0.6 is 0 Å². The molecule has 4 heteroatoms. The second kappa shape index (κ2) is 6.32. The molecule has 115 valence electrons. The summed E-state index contributed by atoms with van der Waals surface area (Å²) in [7, 11) is -3.40. The average Bonchev–Trinajstić information content (AvgIpc) is 2.07. The molecule has 0 aliphatic rings. The Hall–Kier alpha value is 0.868. The Morgan fingerprint density at radius 1 is 0.526 bits per heavy atom. The van der Waals surface area contributed by atoms with Crippen LogP contribution in [0.15, 0.2) is 0 Å². The molecule has 0 aromatic rings. The molecule has 0 spiro atoms. The van der Waals surface area contributed by atoms with Gasteiger partial charge in [0.2, 0.25) is 0 Å². The van der Waals surface area contributed by atoms with Crippen LogP contribution in [0.4, 0.5) is 0 Å². The lowest BCUT2D eigenvalue weighted by molar-refractivity contribution is 0.846. The maximum Gasteiger partial charge on any atom is 0.0473 e. The molecular formula is C15H39Si4. The van der Waals surface area contributed by atoms with Crippen molar-refractivity contribution in [1.29, 1.82) is 0 Å². The second-order valence-electron chi connectivity index (χ2n) is 9.27. The van der Waals surface area contributed by atoms with E-state index in [4.69, 9.17) is 0 Å². The first-order chi connectivity index (χ1) is 8.20. The van der Waals surface area contributed by atoms with Crippen molar-refractivity contribution in [1.82, 2.24) is 0 Å². The first-order valence-corrected chi connectivity index (χ1v) is 21.8. The van der Waals surface area contributed by atoms with E-state index in [0.29, 0.717) is 0 Å². The summed E-state index contributed by atoms with van der Waals surface area (Å²) in [5.41, 5.74) is 2.87. The highest BCUT2D eigenvalue weighted by molar-refractivity contribution is 7.82. The van der Waals surface area contributed by atoms with Crippen molar-refractivity contribution in [3.05, 3.63) is 0 Å². The highest BCUT2D eigenvalue weighted by Crippen LogP contribution is 2.47. The number of hydrogen-bond donors (Lipinski definition) is 0. The van der Waals surface area contributed by atoms with Gasteiger partial charge in [0, 0.05) is 30.1 Å². The van der Waals surface area contributed by atoms with Gasteiger partial charge in [-0.05, 0) is 0 Å². The maximum atomic E-state index is 2.69. The molecule has 0 aliphatic carbocycles. The molecular weight excluding hydrogens is 293 g/mol. The molecule has 0 saturated heterocycles. The van der Waals surface area contributed by atoms with Crippen LogP contribution in [0.2, 0.25) is 55.9 Å². The lowest BCUT2D eigenvalue weighted by Gasteiger charge is -2.56. The van der Waals surface area contributed by atoms with E-state index >= 15 is 0 Å². The van der Waals surface area contributed by atoms with Crippen molar-refractivity contribution < 1.29 is 0 Å². The number of hydrogen-bond acceptors (Lipinski definition) is 0. The van der Waals surface area contributed by atoms with Crippen molar-refractivity contribution >= 4 is 30.1 Å². The van der Waals surface area contributed by atoms with Crippen molar-refractivity contribution in [2.24, 2.45) is 0 Å². The van der Waals surface area contributed by atoms with Crippen LogP contribution in [-0.4, -0.2) is 30.1 Å². The lowest BCUT2D eigenvalue weighted by atomic mass is 10.5. The predicted molar refractivity (Wildman–Crippen MR) is 103 cm³/mol. The number of rotatable bonds is 6. The van der Waals surface area contributed by atoms with Gasteiger partial charge in [-0.2, -0.15) is 0 Å².